The van der Waals surface area contributed by atoms with Gasteiger partial charge in [-0.3, -0.25) is 0 Å². The fraction of sp³-hybridized carbons (Fsp3) is 0. The van der Waals surface area contributed by atoms with E-state index in [2.05, 4.69) is 0 Å². The third-order valence-corrected chi connectivity index (χ3v) is 2.51. The van der Waals surface area contributed by atoms with Crippen LogP contribution in [0.3, 0.4) is 0 Å². The van der Waals surface area contributed by atoms with E-state index in [1.165, 1.54) is 0 Å². The summed E-state index contributed by atoms with van der Waals surface area (Å²) in [4.78, 5) is 10.6. The Labute approximate surface area is 104 Å². The summed E-state index contributed by atoms with van der Waals surface area (Å²) < 4.78 is 52.5. The molecule has 0 unspecified atom stereocenters. The van der Waals surface area contributed by atoms with Crippen molar-refractivity contribution in [2.75, 3.05) is 0 Å². The molecular formula is C13H6F4O2. The van der Waals surface area contributed by atoms with Gasteiger partial charge in [0.25, 0.3) is 0 Å². The van der Waals surface area contributed by atoms with Gasteiger partial charge in [0.1, 0.15) is 5.82 Å². The zero-order valence-electron chi connectivity index (χ0n) is 9.25. The number of hydrogen-bond donors (Lipinski definition) is 1. The van der Waals surface area contributed by atoms with E-state index in [4.69, 9.17) is 5.11 Å². The zero-order valence-corrected chi connectivity index (χ0v) is 9.25. The van der Waals surface area contributed by atoms with Crippen LogP contribution in [0.5, 0.6) is 0 Å². The van der Waals surface area contributed by atoms with E-state index in [0.717, 1.165) is 18.2 Å². The van der Waals surface area contributed by atoms with Gasteiger partial charge in [0.2, 0.25) is 0 Å². The highest BCUT2D eigenvalue weighted by Crippen LogP contribution is 2.26. The highest BCUT2D eigenvalue weighted by molar-refractivity contribution is 5.88. The van der Waals surface area contributed by atoms with Crippen molar-refractivity contribution in [3.63, 3.8) is 0 Å². The molecule has 2 aromatic rings. The number of halogens is 4. The van der Waals surface area contributed by atoms with E-state index in [0.29, 0.717) is 12.1 Å². The van der Waals surface area contributed by atoms with Crippen molar-refractivity contribution < 1.29 is 27.5 Å². The molecule has 0 spiro atoms. The van der Waals surface area contributed by atoms with Gasteiger partial charge in [0, 0.05) is 5.56 Å². The second-order valence-electron chi connectivity index (χ2n) is 3.75. The minimum absolute atomic E-state index is 0.217. The van der Waals surface area contributed by atoms with E-state index < -0.39 is 29.2 Å². The first kappa shape index (κ1) is 13.1. The number of aromatic carboxylic acids is 1. The lowest BCUT2D eigenvalue weighted by Crippen LogP contribution is -1.98. The van der Waals surface area contributed by atoms with Gasteiger partial charge >= 0.3 is 5.97 Å². The predicted molar refractivity (Wildman–Crippen MR) is 58.7 cm³/mol. The van der Waals surface area contributed by atoms with Crippen LogP contribution in [0.15, 0.2) is 30.3 Å². The van der Waals surface area contributed by atoms with Crippen LogP contribution in [0.4, 0.5) is 17.6 Å². The van der Waals surface area contributed by atoms with Crippen LogP contribution in [0.2, 0.25) is 0 Å². The van der Waals surface area contributed by atoms with Crippen molar-refractivity contribution in [2.45, 2.75) is 0 Å². The predicted octanol–water partition coefficient (Wildman–Crippen LogP) is 3.61. The number of hydrogen-bond acceptors (Lipinski definition) is 1. The number of carbonyl (C=O) groups is 1. The largest absolute Gasteiger partial charge is 0.478 e. The lowest BCUT2D eigenvalue weighted by Gasteiger charge is -2.06. The summed E-state index contributed by atoms with van der Waals surface area (Å²) in [5, 5.41) is 8.66. The minimum atomic E-state index is -1.65. The Kier molecular flexibility index (Phi) is 3.25. The average Bonchev–Trinajstić information content (AvgIpc) is 2.35. The molecule has 0 aliphatic carbocycles. The second-order valence-corrected chi connectivity index (χ2v) is 3.75. The maximum absolute atomic E-state index is 13.7. The van der Waals surface area contributed by atoms with Gasteiger partial charge in [-0.25, -0.2) is 22.4 Å². The molecule has 0 saturated heterocycles. The SMILES string of the molecule is O=C(O)c1ccc(-c2cc(F)c(F)c(F)c2)c(F)c1. The van der Waals surface area contributed by atoms with E-state index in [-0.39, 0.29) is 16.7 Å². The molecule has 2 aromatic carbocycles. The van der Waals surface area contributed by atoms with Gasteiger partial charge in [-0.05, 0) is 29.8 Å². The minimum Gasteiger partial charge on any atom is -0.478 e. The van der Waals surface area contributed by atoms with Crippen molar-refractivity contribution in [2.24, 2.45) is 0 Å². The Hall–Kier alpha value is -2.37. The normalized spacial score (nSPS) is 10.5. The molecule has 0 radical (unpaired) electrons. The summed E-state index contributed by atoms with van der Waals surface area (Å²) >= 11 is 0. The fourth-order valence-electron chi connectivity index (χ4n) is 1.59. The Bertz CT molecular complexity index is 645. The summed E-state index contributed by atoms with van der Waals surface area (Å²) in [6.45, 7) is 0. The van der Waals surface area contributed by atoms with Gasteiger partial charge in [-0.2, -0.15) is 0 Å². The Morgan fingerprint density at radius 3 is 1.95 bits per heavy atom. The number of benzene rings is 2. The fourth-order valence-corrected chi connectivity index (χ4v) is 1.59. The molecule has 0 bridgehead atoms. The van der Waals surface area contributed by atoms with Crippen molar-refractivity contribution in [1.82, 2.24) is 0 Å². The quantitative estimate of drug-likeness (QED) is 0.668. The Morgan fingerprint density at radius 2 is 1.47 bits per heavy atom. The number of carboxylic acids is 1. The van der Waals surface area contributed by atoms with Crippen LogP contribution < -0.4 is 0 Å². The summed E-state index contributed by atoms with van der Waals surface area (Å²) in [5.74, 6) is -6.84. The molecule has 0 atom stereocenters. The standard InChI is InChI=1S/C13H6F4O2/c14-9-3-6(13(18)19)1-2-8(9)7-4-10(15)12(17)11(16)5-7/h1-5H,(H,18,19). The second kappa shape index (κ2) is 4.72. The van der Waals surface area contributed by atoms with Crippen LogP contribution in [0, 0.1) is 23.3 Å². The molecule has 2 nitrogen and oxygen atoms in total. The molecule has 0 aliphatic heterocycles. The Morgan fingerprint density at radius 1 is 0.895 bits per heavy atom. The first-order chi connectivity index (χ1) is 8.90. The van der Waals surface area contributed by atoms with Crippen molar-refractivity contribution >= 4 is 5.97 Å². The van der Waals surface area contributed by atoms with Gasteiger partial charge in [0.15, 0.2) is 17.5 Å². The molecule has 0 saturated carbocycles. The zero-order chi connectivity index (χ0) is 14.2. The number of carboxylic acid groups (broad SMARTS) is 1. The van der Waals surface area contributed by atoms with E-state index >= 15 is 0 Å². The van der Waals surface area contributed by atoms with E-state index in [1.807, 2.05) is 0 Å². The molecule has 0 fully saturated rings. The highest BCUT2D eigenvalue weighted by Gasteiger charge is 2.15. The molecule has 19 heavy (non-hydrogen) atoms. The molecule has 98 valence electrons. The van der Waals surface area contributed by atoms with Gasteiger partial charge in [0.05, 0.1) is 5.56 Å². The average molecular weight is 270 g/mol. The van der Waals surface area contributed by atoms with Crippen molar-refractivity contribution in [3.8, 4) is 11.1 Å². The molecule has 0 aliphatic rings. The summed E-state index contributed by atoms with van der Waals surface area (Å²) in [5.41, 5.74) is -0.738. The lowest BCUT2D eigenvalue weighted by atomic mass is 10.0. The van der Waals surface area contributed by atoms with Gasteiger partial charge in [-0.1, -0.05) is 6.07 Å². The maximum Gasteiger partial charge on any atom is 0.335 e. The van der Waals surface area contributed by atoms with Crippen molar-refractivity contribution in [1.29, 1.82) is 0 Å². The topological polar surface area (TPSA) is 37.3 Å². The highest BCUT2D eigenvalue weighted by atomic mass is 19.2. The van der Waals surface area contributed by atoms with Crippen LogP contribution >= 0.6 is 0 Å². The molecule has 0 heterocycles. The molecule has 1 N–H and O–H groups in total. The Balaban J connectivity index is 2.56. The summed E-state index contributed by atoms with van der Waals surface area (Å²) in [6, 6.07) is 4.14. The van der Waals surface area contributed by atoms with Crippen LogP contribution in [0.1, 0.15) is 10.4 Å². The van der Waals surface area contributed by atoms with Gasteiger partial charge in [-0.15, -0.1) is 0 Å². The molecule has 0 aromatic heterocycles. The smallest absolute Gasteiger partial charge is 0.335 e. The molecule has 0 amide bonds. The maximum atomic E-state index is 13.7. The van der Waals surface area contributed by atoms with E-state index in [1.54, 1.807) is 0 Å². The van der Waals surface area contributed by atoms with Crippen molar-refractivity contribution in [3.05, 3.63) is 59.2 Å². The first-order valence-electron chi connectivity index (χ1n) is 5.08. The molecule has 2 rings (SSSR count). The molecular weight excluding hydrogens is 264 g/mol. The summed E-state index contributed by atoms with van der Waals surface area (Å²) in [7, 11) is 0. The van der Waals surface area contributed by atoms with Crippen LogP contribution in [-0.2, 0) is 0 Å². The third-order valence-electron chi connectivity index (χ3n) is 2.51. The van der Waals surface area contributed by atoms with Crippen LogP contribution in [-0.4, -0.2) is 11.1 Å². The van der Waals surface area contributed by atoms with E-state index in [9.17, 15) is 22.4 Å². The van der Waals surface area contributed by atoms with Crippen LogP contribution in [0.25, 0.3) is 11.1 Å². The summed E-state index contributed by atoms with van der Waals surface area (Å²) in [6.07, 6.45) is 0. The number of rotatable bonds is 2. The molecule has 6 heteroatoms. The third kappa shape index (κ3) is 2.42. The monoisotopic (exact) mass is 270 g/mol. The lowest BCUT2D eigenvalue weighted by molar-refractivity contribution is 0.0696. The first-order valence-corrected chi connectivity index (χ1v) is 5.08. The van der Waals surface area contributed by atoms with Gasteiger partial charge < -0.3 is 5.11 Å².